The normalized spacial score (nSPS) is 14.5. The Labute approximate surface area is 183 Å². The third kappa shape index (κ3) is 5.43. The molecule has 0 saturated carbocycles. The first-order chi connectivity index (χ1) is 15.2. The highest BCUT2D eigenvalue weighted by Gasteiger charge is 2.13. The summed E-state index contributed by atoms with van der Waals surface area (Å²) in [5.41, 5.74) is 5.77. The number of carbonyl (C=O) groups is 1. The summed E-state index contributed by atoms with van der Waals surface area (Å²) in [6, 6.07) is 16.4. The number of aliphatic hydroxyl groups is 1. The van der Waals surface area contributed by atoms with E-state index in [4.69, 9.17) is 5.11 Å². The van der Waals surface area contributed by atoms with Gasteiger partial charge in [0.1, 0.15) is 0 Å². The van der Waals surface area contributed by atoms with Gasteiger partial charge in [0.2, 0.25) is 0 Å². The van der Waals surface area contributed by atoms with Gasteiger partial charge < -0.3 is 15.4 Å². The number of fused-ring (bicyclic) bond motifs is 1. The van der Waals surface area contributed by atoms with Crippen molar-refractivity contribution in [2.75, 3.05) is 32.8 Å². The molecular weight excluding hydrogens is 386 g/mol. The number of hydrogen-bond donors (Lipinski definition) is 3. The Morgan fingerprint density at radius 2 is 2.00 bits per heavy atom. The lowest BCUT2D eigenvalue weighted by Crippen LogP contribution is -2.29. The molecule has 3 aromatic rings. The van der Waals surface area contributed by atoms with Gasteiger partial charge in [-0.25, -0.2) is 0 Å². The van der Waals surface area contributed by atoms with Crippen molar-refractivity contribution in [1.82, 2.24) is 15.2 Å². The number of aliphatic hydroxyl groups excluding tert-OH is 1. The van der Waals surface area contributed by atoms with Gasteiger partial charge in [-0.1, -0.05) is 36.4 Å². The van der Waals surface area contributed by atoms with E-state index in [0.29, 0.717) is 5.56 Å². The Morgan fingerprint density at radius 1 is 1.13 bits per heavy atom. The molecule has 3 N–H and O–H groups in total. The Bertz CT molecular complexity index is 1040. The fraction of sp³-hybridized carbons (Fsp3) is 0.346. The van der Waals surface area contributed by atoms with Crippen LogP contribution in [0.25, 0.3) is 16.5 Å². The number of benzene rings is 2. The molecule has 1 aliphatic heterocycles. The van der Waals surface area contributed by atoms with Gasteiger partial charge in [-0.2, -0.15) is 0 Å². The quantitative estimate of drug-likeness (QED) is 0.461. The molecule has 1 aliphatic rings. The fourth-order valence-corrected chi connectivity index (χ4v) is 4.28. The lowest BCUT2D eigenvalue weighted by molar-refractivity contribution is 0.0945. The van der Waals surface area contributed by atoms with Crippen molar-refractivity contribution in [2.24, 2.45) is 0 Å². The van der Waals surface area contributed by atoms with Crippen LogP contribution in [0.3, 0.4) is 0 Å². The van der Waals surface area contributed by atoms with Crippen LogP contribution in [0.1, 0.15) is 40.7 Å². The summed E-state index contributed by atoms with van der Waals surface area (Å²) in [5, 5.41) is 12.7. The summed E-state index contributed by atoms with van der Waals surface area (Å²) in [4.78, 5) is 18.0. The maximum absolute atomic E-state index is 12.2. The first-order valence-corrected chi connectivity index (χ1v) is 11.2. The van der Waals surface area contributed by atoms with E-state index in [-0.39, 0.29) is 19.1 Å². The van der Waals surface area contributed by atoms with Gasteiger partial charge in [0.15, 0.2) is 0 Å². The van der Waals surface area contributed by atoms with Crippen molar-refractivity contribution < 1.29 is 9.90 Å². The van der Waals surface area contributed by atoms with Gasteiger partial charge in [-0.05, 0) is 67.1 Å². The van der Waals surface area contributed by atoms with Crippen LogP contribution in [0.5, 0.6) is 0 Å². The van der Waals surface area contributed by atoms with Crippen molar-refractivity contribution >= 4 is 22.4 Å². The standard InChI is InChI=1S/C26H31N3O2/c30-17-13-27-26(31)22-9-10-25-24(18-22)23(19-28-25)8-4-5-14-29-15-11-21(12-16-29)20-6-2-1-3-7-20/h1-3,6-7,9-11,18-19,28,30H,4-5,8,12-17H2,(H,27,31). The molecule has 5 nitrogen and oxygen atoms in total. The summed E-state index contributed by atoms with van der Waals surface area (Å²) in [6.45, 7) is 3.50. The molecule has 1 aromatic heterocycles. The molecule has 5 heteroatoms. The Balaban J connectivity index is 1.27. The summed E-state index contributed by atoms with van der Waals surface area (Å²) in [6.07, 6.45) is 8.85. The zero-order chi connectivity index (χ0) is 21.5. The van der Waals surface area contributed by atoms with Crippen LogP contribution >= 0.6 is 0 Å². The van der Waals surface area contributed by atoms with Crippen LogP contribution in [-0.4, -0.2) is 53.7 Å². The van der Waals surface area contributed by atoms with Crippen molar-refractivity contribution in [3.8, 4) is 0 Å². The Kier molecular flexibility index (Phi) is 7.18. The molecule has 0 fully saturated rings. The maximum Gasteiger partial charge on any atom is 0.251 e. The number of aryl methyl sites for hydroxylation is 1. The zero-order valence-corrected chi connectivity index (χ0v) is 17.9. The third-order valence-corrected chi connectivity index (χ3v) is 6.04. The minimum Gasteiger partial charge on any atom is -0.395 e. The van der Waals surface area contributed by atoms with Crippen LogP contribution < -0.4 is 5.32 Å². The van der Waals surface area contributed by atoms with Crippen molar-refractivity contribution in [3.05, 3.63) is 77.5 Å². The largest absolute Gasteiger partial charge is 0.395 e. The minimum absolute atomic E-state index is 0.0518. The minimum atomic E-state index is -0.142. The van der Waals surface area contributed by atoms with E-state index in [9.17, 15) is 4.79 Å². The number of hydrogen-bond acceptors (Lipinski definition) is 3. The van der Waals surface area contributed by atoms with Gasteiger partial charge in [0.05, 0.1) is 6.61 Å². The number of unbranched alkanes of at least 4 members (excludes halogenated alkanes) is 1. The molecule has 0 saturated heterocycles. The number of H-pyrrole nitrogens is 1. The first-order valence-electron chi connectivity index (χ1n) is 11.2. The zero-order valence-electron chi connectivity index (χ0n) is 17.9. The van der Waals surface area contributed by atoms with Crippen molar-refractivity contribution in [3.63, 3.8) is 0 Å². The van der Waals surface area contributed by atoms with E-state index in [0.717, 1.165) is 56.2 Å². The van der Waals surface area contributed by atoms with Crippen LogP contribution in [0.4, 0.5) is 0 Å². The molecule has 0 radical (unpaired) electrons. The van der Waals surface area contributed by atoms with Gasteiger partial charge in [0, 0.05) is 42.3 Å². The number of nitrogens with zero attached hydrogens (tertiary/aromatic N) is 1. The lowest BCUT2D eigenvalue weighted by atomic mass is 9.99. The molecule has 4 rings (SSSR count). The first kappa shape index (κ1) is 21.3. The Hall–Kier alpha value is -2.89. The molecule has 0 bridgehead atoms. The molecule has 31 heavy (non-hydrogen) atoms. The topological polar surface area (TPSA) is 68.4 Å². The predicted molar refractivity (Wildman–Crippen MR) is 126 cm³/mol. The second-order valence-electron chi connectivity index (χ2n) is 8.16. The number of aromatic nitrogens is 1. The van der Waals surface area contributed by atoms with Gasteiger partial charge in [-0.3, -0.25) is 9.69 Å². The molecule has 2 heterocycles. The van der Waals surface area contributed by atoms with E-state index >= 15 is 0 Å². The van der Waals surface area contributed by atoms with Crippen molar-refractivity contribution in [1.29, 1.82) is 0 Å². The summed E-state index contributed by atoms with van der Waals surface area (Å²) >= 11 is 0. The number of rotatable bonds is 9. The number of carbonyl (C=O) groups excluding carboxylic acids is 1. The Morgan fingerprint density at radius 3 is 2.77 bits per heavy atom. The number of amides is 1. The molecule has 2 aromatic carbocycles. The molecule has 162 valence electrons. The van der Waals surface area contributed by atoms with E-state index in [1.54, 1.807) is 0 Å². The summed E-state index contributed by atoms with van der Waals surface area (Å²) in [5.74, 6) is -0.142. The second kappa shape index (κ2) is 10.4. The highest BCUT2D eigenvalue weighted by Crippen LogP contribution is 2.23. The van der Waals surface area contributed by atoms with Crippen LogP contribution in [0, 0.1) is 0 Å². The average molecular weight is 418 g/mol. The highest BCUT2D eigenvalue weighted by molar-refractivity contribution is 5.98. The van der Waals surface area contributed by atoms with Gasteiger partial charge in [0.25, 0.3) is 5.91 Å². The average Bonchev–Trinajstić information content (AvgIpc) is 3.23. The van der Waals surface area contributed by atoms with E-state index in [1.807, 2.05) is 18.2 Å². The molecular formula is C26H31N3O2. The molecule has 0 spiro atoms. The SMILES string of the molecule is O=C(NCCO)c1ccc2[nH]cc(CCCCN3CC=C(c4ccccc4)CC3)c2c1. The number of aromatic amines is 1. The molecule has 0 aliphatic carbocycles. The van der Waals surface area contributed by atoms with Crippen molar-refractivity contribution in [2.45, 2.75) is 25.7 Å². The van der Waals surface area contributed by atoms with Gasteiger partial charge >= 0.3 is 0 Å². The smallest absolute Gasteiger partial charge is 0.251 e. The van der Waals surface area contributed by atoms with Crippen LogP contribution in [0.15, 0.2) is 60.8 Å². The highest BCUT2D eigenvalue weighted by atomic mass is 16.3. The lowest BCUT2D eigenvalue weighted by Gasteiger charge is -2.26. The summed E-state index contributed by atoms with van der Waals surface area (Å²) in [7, 11) is 0. The maximum atomic E-state index is 12.2. The van der Waals surface area contributed by atoms with E-state index < -0.39 is 0 Å². The van der Waals surface area contributed by atoms with Crippen LogP contribution in [0.2, 0.25) is 0 Å². The van der Waals surface area contributed by atoms with Crippen LogP contribution in [-0.2, 0) is 6.42 Å². The van der Waals surface area contributed by atoms with E-state index in [1.165, 1.54) is 16.7 Å². The molecule has 0 unspecified atom stereocenters. The number of nitrogens with one attached hydrogen (secondary N) is 2. The molecule has 1 amide bonds. The predicted octanol–water partition coefficient (Wildman–Crippen LogP) is 4.00. The molecule has 0 atom stereocenters. The monoisotopic (exact) mass is 417 g/mol. The second-order valence-corrected chi connectivity index (χ2v) is 8.16. The van der Waals surface area contributed by atoms with E-state index in [2.05, 4.69) is 57.8 Å². The fourth-order valence-electron chi connectivity index (χ4n) is 4.28. The van der Waals surface area contributed by atoms with Gasteiger partial charge in [-0.15, -0.1) is 0 Å². The summed E-state index contributed by atoms with van der Waals surface area (Å²) < 4.78 is 0. The third-order valence-electron chi connectivity index (χ3n) is 6.04.